The highest BCUT2D eigenvalue weighted by atomic mass is 19.1. The maximum absolute atomic E-state index is 13.7. The summed E-state index contributed by atoms with van der Waals surface area (Å²) in [6, 6.07) is 5.78. The molecule has 100 valence electrons. The highest BCUT2D eigenvalue weighted by Crippen LogP contribution is 2.40. The first kappa shape index (κ1) is 13.5. The molecule has 1 aliphatic rings. The van der Waals surface area contributed by atoms with E-state index in [1.807, 2.05) is 20.0 Å². The zero-order valence-electron chi connectivity index (χ0n) is 11.7. The minimum atomic E-state index is -0.0612. The Balaban J connectivity index is 2.23. The van der Waals surface area contributed by atoms with Crippen LogP contribution in [0.5, 0.6) is 0 Å². The first-order valence-corrected chi connectivity index (χ1v) is 7.02. The Bertz CT molecular complexity index is 402. The lowest BCUT2D eigenvalue weighted by Gasteiger charge is -2.35. The van der Waals surface area contributed by atoms with E-state index in [1.165, 1.54) is 24.8 Å². The summed E-state index contributed by atoms with van der Waals surface area (Å²) in [7, 11) is 2.00. The Labute approximate surface area is 110 Å². The van der Waals surface area contributed by atoms with Crippen LogP contribution in [0.3, 0.4) is 0 Å². The van der Waals surface area contributed by atoms with Gasteiger partial charge in [0, 0.05) is 0 Å². The molecule has 1 saturated carbocycles. The van der Waals surface area contributed by atoms with Gasteiger partial charge in [-0.25, -0.2) is 4.39 Å². The van der Waals surface area contributed by atoms with Gasteiger partial charge in [0.1, 0.15) is 5.82 Å². The molecule has 1 aromatic carbocycles. The van der Waals surface area contributed by atoms with E-state index in [-0.39, 0.29) is 5.82 Å². The van der Waals surface area contributed by atoms with Crippen LogP contribution in [0.2, 0.25) is 0 Å². The second-order valence-corrected chi connectivity index (χ2v) is 5.85. The van der Waals surface area contributed by atoms with Crippen molar-refractivity contribution >= 4 is 0 Å². The second-order valence-electron chi connectivity index (χ2n) is 5.85. The maximum Gasteiger partial charge on any atom is 0.126 e. The molecule has 0 heterocycles. The van der Waals surface area contributed by atoms with Crippen molar-refractivity contribution in [3.05, 3.63) is 35.1 Å². The summed E-state index contributed by atoms with van der Waals surface area (Å²) in [5.41, 5.74) is 1.93. The molecule has 1 nitrogen and oxygen atoms in total. The third-order valence-electron chi connectivity index (χ3n) is 4.35. The molecule has 3 unspecified atom stereocenters. The predicted molar refractivity (Wildman–Crippen MR) is 74.3 cm³/mol. The van der Waals surface area contributed by atoms with Crippen molar-refractivity contribution in [2.45, 2.75) is 39.0 Å². The summed E-state index contributed by atoms with van der Waals surface area (Å²) in [5, 5.41) is 3.28. The zero-order valence-corrected chi connectivity index (χ0v) is 11.7. The van der Waals surface area contributed by atoms with Gasteiger partial charge < -0.3 is 5.32 Å². The van der Waals surface area contributed by atoms with Crippen LogP contribution < -0.4 is 5.32 Å². The number of hydrogen-bond acceptors (Lipinski definition) is 1. The summed E-state index contributed by atoms with van der Waals surface area (Å²) in [6.07, 6.45) is 3.74. The summed E-state index contributed by atoms with van der Waals surface area (Å²) >= 11 is 0. The molecule has 1 aromatic rings. The molecule has 0 amide bonds. The van der Waals surface area contributed by atoms with Gasteiger partial charge >= 0.3 is 0 Å². The van der Waals surface area contributed by atoms with Crippen LogP contribution >= 0.6 is 0 Å². The molecule has 3 atom stereocenters. The Morgan fingerprint density at radius 1 is 1.33 bits per heavy atom. The van der Waals surface area contributed by atoms with E-state index >= 15 is 0 Å². The third-order valence-corrected chi connectivity index (χ3v) is 4.35. The highest BCUT2D eigenvalue weighted by Gasteiger charge is 2.29. The van der Waals surface area contributed by atoms with Crippen LogP contribution in [0.15, 0.2) is 18.2 Å². The molecule has 0 saturated heterocycles. The van der Waals surface area contributed by atoms with Crippen LogP contribution in [-0.2, 0) is 0 Å². The van der Waals surface area contributed by atoms with Crippen molar-refractivity contribution in [3.63, 3.8) is 0 Å². The van der Waals surface area contributed by atoms with Gasteiger partial charge in [0.05, 0.1) is 0 Å². The normalized spacial score (nSPS) is 28.3. The molecular weight excluding hydrogens is 225 g/mol. The van der Waals surface area contributed by atoms with E-state index in [0.29, 0.717) is 11.8 Å². The summed E-state index contributed by atoms with van der Waals surface area (Å²) in [5.74, 6) is 1.85. The Kier molecular flexibility index (Phi) is 4.39. The molecule has 2 rings (SSSR count). The van der Waals surface area contributed by atoms with Gasteiger partial charge in [-0.05, 0) is 68.3 Å². The van der Waals surface area contributed by atoms with Crippen LogP contribution in [0.25, 0.3) is 0 Å². The van der Waals surface area contributed by atoms with Gasteiger partial charge in [-0.2, -0.15) is 0 Å². The quantitative estimate of drug-likeness (QED) is 0.857. The topological polar surface area (TPSA) is 12.0 Å². The molecule has 0 radical (unpaired) electrons. The van der Waals surface area contributed by atoms with Crippen molar-refractivity contribution in [3.8, 4) is 0 Å². The highest BCUT2D eigenvalue weighted by molar-refractivity contribution is 5.27. The van der Waals surface area contributed by atoms with Gasteiger partial charge in [0.2, 0.25) is 0 Å². The van der Waals surface area contributed by atoms with E-state index in [9.17, 15) is 4.39 Å². The van der Waals surface area contributed by atoms with Gasteiger partial charge in [0.15, 0.2) is 0 Å². The lowest BCUT2D eigenvalue weighted by molar-refractivity contribution is 0.244. The fourth-order valence-corrected chi connectivity index (χ4v) is 3.20. The van der Waals surface area contributed by atoms with Crippen LogP contribution in [0.1, 0.15) is 43.2 Å². The average molecular weight is 249 g/mol. The first-order chi connectivity index (χ1) is 8.61. The molecule has 1 fully saturated rings. The number of aryl methyl sites for hydroxylation is 1. The number of halogens is 1. The molecule has 0 aliphatic heterocycles. The number of hydrogen-bond donors (Lipinski definition) is 1. The molecule has 2 heteroatoms. The van der Waals surface area contributed by atoms with Crippen molar-refractivity contribution in [2.75, 3.05) is 13.6 Å². The van der Waals surface area contributed by atoms with E-state index in [0.717, 1.165) is 18.0 Å². The molecule has 1 N–H and O–H groups in total. The monoisotopic (exact) mass is 249 g/mol. The number of benzene rings is 1. The lowest BCUT2D eigenvalue weighted by Crippen LogP contribution is -2.30. The van der Waals surface area contributed by atoms with Crippen molar-refractivity contribution in [1.29, 1.82) is 0 Å². The van der Waals surface area contributed by atoms with Crippen molar-refractivity contribution in [1.82, 2.24) is 5.32 Å². The SMILES string of the molecule is CNCC1CCC(C)CC1c1ccc(C)c(F)c1. The van der Waals surface area contributed by atoms with Gasteiger partial charge in [0.25, 0.3) is 0 Å². The minimum absolute atomic E-state index is 0.0612. The first-order valence-electron chi connectivity index (χ1n) is 7.02. The number of rotatable bonds is 3. The molecule has 0 spiro atoms. The van der Waals surface area contributed by atoms with Gasteiger partial charge in [-0.1, -0.05) is 25.5 Å². The predicted octanol–water partition coefficient (Wildman–Crippen LogP) is 3.87. The Morgan fingerprint density at radius 3 is 2.78 bits per heavy atom. The van der Waals surface area contributed by atoms with E-state index in [1.54, 1.807) is 6.07 Å². The molecule has 0 aromatic heterocycles. The van der Waals surface area contributed by atoms with Crippen LogP contribution in [-0.4, -0.2) is 13.6 Å². The minimum Gasteiger partial charge on any atom is -0.319 e. The largest absolute Gasteiger partial charge is 0.319 e. The van der Waals surface area contributed by atoms with Crippen LogP contribution in [0, 0.1) is 24.6 Å². The van der Waals surface area contributed by atoms with E-state index in [2.05, 4.69) is 18.3 Å². The Morgan fingerprint density at radius 2 is 2.11 bits per heavy atom. The number of nitrogens with one attached hydrogen (secondary N) is 1. The van der Waals surface area contributed by atoms with Gasteiger partial charge in [-0.15, -0.1) is 0 Å². The smallest absolute Gasteiger partial charge is 0.126 e. The van der Waals surface area contributed by atoms with E-state index < -0.39 is 0 Å². The molecule has 18 heavy (non-hydrogen) atoms. The molecular formula is C16H24FN. The maximum atomic E-state index is 13.7. The van der Waals surface area contributed by atoms with Crippen LogP contribution in [0.4, 0.5) is 4.39 Å². The average Bonchev–Trinajstić information content (AvgIpc) is 2.35. The fourth-order valence-electron chi connectivity index (χ4n) is 3.20. The second kappa shape index (κ2) is 5.83. The summed E-state index contributed by atoms with van der Waals surface area (Å²) in [6.45, 7) is 5.17. The Hall–Kier alpha value is -0.890. The van der Waals surface area contributed by atoms with Gasteiger partial charge in [-0.3, -0.25) is 0 Å². The standard InChI is InChI=1S/C16H24FN/c1-11-4-6-14(10-18-3)15(8-11)13-7-5-12(2)16(17)9-13/h5,7,9,11,14-15,18H,4,6,8,10H2,1-3H3. The fraction of sp³-hybridized carbons (Fsp3) is 0.625. The third kappa shape index (κ3) is 2.92. The van der Waals surface area contributed by atoms with E-state index in [4.69, 9.17) is 0 Å². The van der Waals surface area contributed by atoms with Crippen molar-refractivity contribution in [2.24, 2.45) is 11.8 Å². The molecule has 1 aliphatic carbocycles. The summed E-state index contributed by atoms with van der Waals surface area (Å²) in [4.78, 5) is 0. The summed E-state index contributed by atoms with van der Waals surface area (Å²) < 4.78 is 13.7. The lowest BCUT2D eigenvalue weighted by atomic mass is 9.71. The zero-order chi connectivity index (χ0) is 13.1. The van der Waals surface area contributed by atoms with Crippen molar-refractivity contribution < 1.29 is 4.39 Å². The molecule has 0 bridgehead atoms.